The van der Waals surface area contributed by atoms with Crippen molar-refractivity contribution in [3.05, 3.63) is 29.7 Å². The lowest BCUT2D eigenvalue weighted by Gasteiger charge is -2.41. The number of hydrogen-bond acceptors (Lipinski definition) is 7. The molecule has 0 aliphatic carbocycles. The molecule has 2 fully saturated rings. The number of aromatic nitrogens is 5. The van der Waals surface area contributed by atoms with E-state index in [1.165, 1.54) is 0 Å². The molecule has 5 heterocycles. The van der Waals surface area contributed by atoms with E-state index in [0.29, 0.717) is 28.9 Å². The van der Waals surface area contributed by atoms with Gasteiger partial charge in [0.05, 0.1) is 44.3 Å². The third-order valence-corrected chi connectivity index (χ3v) is 6.10. The normalized spacial score (nSPS) is 18.7. The van der Waals surface area contributed by atoms with Crippen LogP contribution in [0.3, 0.4) is 0 Å². The van der Waals surface area contributed by atoms with Crippen molar-refractivity contribution in [3.63, 3.8) is 0 Å². The summed E-state index contributed by atoms with van der Waals surface area (Å²) in [6, 6.07) is 5.00. The highest BCUT2D eigenvalue weighted by molar-refractivity contribution is 5.74. The average molecular weight is 393 g/mol. The van der Waals surface area contributed by atoms with Gasteiger partial charge in [0.15, 0.2) is 0 Å². The molecule has 3 aromatic heterocycles. The van der Waals surface area contributed by atoms with Gasteiger partial charge >= 0.3 is 0 Å². The van der Waals surface area contributed by atoms with Gasteiger partial charge in [-0.1, -0.05) is 5.21 Å². The van der Waals surface area contributed by atoms with E-state index in [1.54, 1.807) is 17.8 Å². The minimum Gasteiger partial charge on any atom is -0.494 e. The van der Waals surface area contributed by atoms with Crippen LogP contribution in [0.4, 0.5) is 0 Å². The molecule has 5 rings (SSSR count). The van der Waals surface area contributed by atoms with E-state index < -0.39 is 0 Å². The van der Waals surface area contributed by atoms with E-state index in [4.69, 9.17) is 9.47 Å². The summed E-state index contributed by atoms with van der Waals surface area (Å²) in [5, 5.41) is 22.5. The second kappa shape index (κ2) is 7.13. The Kier molecular flexibility index (Phi) is 4.45. The SMILES string of the molecule is COc1cc(-c2nnn(C3CCN(C4COC4)CC3)c2C)cn2ncc(C#N)c12. The number of nitrogens with zero attached hydrogens (tertiary/aromatic N) is 7. The van der Waals surface area contributed by atoms with Gasteiger partial charge in [-0.25, -0.2) is 9.20 Å². The molecular weight excluding hydrogens is 370 g/mol. The predicted molar refractivity (Wildman–Crippen MR) is 105 cm³/mol. The molecule has 150 valence electrons. The van der Waals surface area contributed by atoms with Gasteiger partial charge in [-0.15, -0.1) is 5.10 Å². The van der Waals surface area contributed by atoms with Crippen molar-refractivity contribution in [2.75, 3.05) is 33.4 Å². The summed E-state index contributed by atoms with van der Waals surface area (Å²) in [4.78, 5) is 2.52. The van der Waals surface area contributed by atoms with Crippen LogP contribution in [-0.4, -0.2) is 69.0 Å². The van der Waals surface area contributed by atoms with Crippen LogP contribution in [0, 0.1) is 18.3 Å². The quantitative estimate of drug-likeness (QED) is 0.667. The largest absolute Gasteiger partial charge is 0.494 e. The van der Waals surface area contributed by atoms with Crippen LogP contribution in [0.1, 0.15) is 30.1 Å². The summed E-state index contributed by atoms with van der Waals surface area (Å²) in [6.07, 6.45) is 5.55. The van der Waals surface area contributed by atoms with E-state index in [0.717, 1.165) is 56.1 Å². The van der Waals surface area contributed by atoms with Gasteiger partial charge in [-0.2, -0.15) is 10.4 Å². The van der Waals surface area contributed by atoms with Crippen molar-refractivity contribution in [1.29, 1.82) is 5.26 Å². The summed E-state index contributed by atoms with van der Waals surface area (Å²) < 4.78 is 14.6. The van der Waals surface area contributed by atoms with Crippen LogP contribution >= 0.6 is 0 Å². The fourth-order valence-corrected chi connectivity index (χ4v) is 4.34. The zero-order valence-corrected chi connectivity index (χ0v) is 16.6. The molecule has 0 amide bonds. The fourth-order valence-electron chi connectivity index (χ4n) is 4.34. The van der Waals surface area contributed by atoms with E-state index in [2.05, 4.69) is 38.0 Å². The molecule has 9 heteroatoms. The van der Waals surface area contributed by atoms with Gasteiger partial charge in [0.2, 0.25) is 0 Å². The van der Waals surface area contributed by atoms with Gasteiger partial charge < -0.3 is 9.47 Å². The molecule has 2 aliphatic heterocycles. The Morgan fingerprint density at radius 3 is 2.69 bits per heavy atom. The highest BCUT2D eigenvalue weighted by atomic mass is 16.5. The predicted octanol–water partition coefficient (Wildman–Crippen LogP) is 1.82. The van der Waals surface area contributed by atoms with Gasteiger partial charge in [-0.05, 0) is 25.8 Å². The number of likely N-dealkylation sites (tertiary alicyclic amines) is 1. The van der Waals surface area contributed by atoms with Crippen molar-refractivity contribution in [3.8, 4) is 23.1 Å². The van der Waals surface area contributed by atoms with Crippen LogP contribution in [0.15, 0.2) is 18.5 Å². The Hall–Kier alpha value is -2.96. The molecule has 2 saturated heterocycles. The molecule has 0 unspecified atom stereocenters. The number of ether oxygens (including phenoxy) is 2. The number of piperidine rings is 1. The minimum absolute atomic E-state index is 0.356. The summed E-state index contributed by atoms with van der Waals surface area (Å²) in [6.45, 7) is 5.92. The van der Waals surface area contributed by atoms with Gasteiger partial charge in [0.25, 0.3) is 0 Å². The summed E-state index contributed by atoms with van der Waals surface area (Å²) >= 11 is 0. The first-order chi connectivity index (χ1) is 14.2. The molecule has 0 bridgehead atoms. The standard InChI is InChI=1S/C20H23N7O2/c1-13-19(14-7-18(28-2)20-15(8-21)9-22-26(20)10-14)23-24-27(13)16-3-5-25(6-4-16)17-11-29-12-17/h7,9-10,16-17H,3-6,11-12H2,1-2H3. The van der Waals surface area contributed by atoms with Crippen LogP contribution < -0.4 is 4.74 Å². The molecule has 0 aromatic carbocycles. The van der Waals surface area contributed by atoms with Crippen molar-refractivity contribution < 1.29 is 9.47 Å². The fraction of sp³-hybridized carbons (Fsp3) is 0.500. The molecule has 3 aromatic rings. The molecule has 0 saturated carbocycles. The van der Waals surface area contributed by atoms with Crippen LogP contribution in [-0.2, 0) is 4.74 Å². The zero-order valence-electron chi connectivity index (χ0n) is 16.6. The Balaban J connectivity index is 1.43. The second-order valence-electron chi connectivity index (χ2n) is 7.69. The van der Waals surface area contributed by atoms with Gasteiger partial charge in [-0.3, -0.25) is 4.90 Å². The lowest BCUT2D eigenvalue weighted by atomic mass is 10.0. The highest BCUT2D eigenvalue weighted by Crippen LogP contribution is 2.32. The van der Waals surface area contributed by atoms with Crippen LogP contribution in [0.2, 0.25) is 0 Å². The van der Waals surface area contributed by atoms with E-state index >= 15 is 0 Å². The van der Waals surface area contributed by atoms with E-state index in [9.17, 15) is 5.26 Å². The maximum absolute atomic E-state index is 9.30. The highest BCUT2D eigenvalue weighted by Gasteiger charge is 2.31. The first-order valence-corrected chi connectivity index (χ1v) is 9.89. The summed E-state index contributed by atoms with van der Waals surface area (Å²) in [5.41, 5.74) is 3.86. The average Bonchev–Trinajstić information content (AvgIpc) is 3.30. The topological polar surface area (TPSA) is 93.5 Å². The Labute approximate surface area is 168 Å². The number of methoxy groups -OCH3 is 1. The van der Waals surface area contributed by atoms with Crippen LogP contribution in [0.5, 0.6) is 5.75 Å². The van der Waals surface area contributed by atoms with Crippen molar-refractivity contribution in [2.45, 2.75) is 31.8 Å². The zero-order chi connectivity index (χ0) is 20.0. The van der Waals surface area contributed by atoms with E-state index in [-0.39, 0.29) is 0 Å². The van der Waals surface area contributed by atoms with Crippen molar-refractivity contribution >= 4 is 5.52 Å². The molecule has 2 aliphatic rings. The maximum Gasteiger partial charge on any atom is 0.146 e. The molecule has 0 spiro atoms. The van der Waals surface area contributed by atoms with Crippen molar-refractivity contribution in [1.82, 2.24) is 29.5 Å². The number of rotatable bonds is 4. The molecule has 9 nitrogen and oxygen atoms in total. The smallest absolute Gasteiger partial charge is 0.146 e. The molecule has 0 atom stereocenters. The summed E-state index contributed by atoms with van der Waals surface area (Å²) in [5.74, 6) is 0.599. The van der Waals surface area contributed by atoms with Gasteiger partial charge in [0, 0.05) is 24.8 Å². The molecule has 29 heavy (non-hydrogen) atoms. The van der Waals surface area contributed by atoms with Gasteiger partial charge in [0.1, 0.15) is 28.6 Å². The summed E-state index contributed by atoms with van der Waals surface area (Å²) in [7, 11) is 1.60. The Morgan fingerprint density at radius 1 is 1.24 bits per heavy atom. The number of fused-ring (bicyclic) bond motifs is 1. The second-order valence-corrected chi connectivity index (χ2v) is 7.69. The number of pyridine rings is 1. The van der Waals surface area contributed by atoms with Crippen LogP contribution in [0.25, 0.3) is 16.8 Å². The Bertz CT molecular complexity index is 1080. The first kappa shape index (κ1) is 18.1. The molecule has 0 radical (unpaired) electrons. The lowest BCUT2D eigenvalue weighted by molar-refractivity contribution is -0.0735. The minimum atomic E-state index is 0.356. The molecular formula is C20H23N7O2. The molecule has 0 N–H and O–H groups in total. The third-order valence-electron chi connectivity index (χ3n) is 6.10. The lowest BCUT2D eigenvalue weighted by Crippen LogP contribution is -2.52. The number of nitriles is 1. The third kappa shape index (κ3) is 2.96. The monoisotopic (exact) mass is 393 g/mol. The maximum atomic E-state index is 9.30. The first-order valence-electron chi connectivity index (χ1n) is 9.89. The number of hydrogen-bond donors (Lipinski definition) is 0. The van der Waals surface area contributed by atoms with Crippen molar-refractivity contribution in [2.24, 2.45) is 0 Å². The Morgan fingerprint density at radius 2 is 2.03 bits per heavy atom. The van der Waals surface area contributed by atoms with E-state index in [1.807, 2.05) is 12.3 Å².